The molecule has 92 valence electrons. The maximum absolute atomic E-state index is 11.4. The van der Waals surface area contributed by atoms with Crippen molar-refractivity contribution in [1.82, 2.24) is 10.5 Å². The van der Waals surface area contributed by atoms with Gasteiger partial charge in [-0.25, -0.2) is 0 Å². The number of nitrogens with one attached hydrogen (secondary N) is 1. The summed E-state index contributed by atoms with van der Waals surface area (Å²) in [6.45, 7) is 5.97. The maximum Gasteiger partial charge on any atom is 0.237 e. The summed E-state index contributed by atoms with van der Waals surface area (Å²) in [6, 6.07) is -0.439. The molecule has 0 aromatic carbocycles. The number of hydrogen-bond donors (Lipinski definition) is 2. The van der Waals surface area contributed by atoms with Crippen molar-refractivity contribution in [2.45, 2.75) is 39.8 Å². The Morgan fingerprint density at radius 3 is 2.62 bits per heavy atom. The molecule has 0 bridgehead atoms. The highest BCUT2D eigenvalue weighted by Gasteiger charge is 2.13. The SMILES string of the molecule is CC[C@H](N)C(=O)NCc1c(C)noc1C.Cl. The topological polar surface area (TPSA) is 81.2 Å². The van der Waals surface area contributed by atoms with Crippen LogP contribution in [-0.4, -0.2) is 17.1 Å². The minimum absolute atomic E-state index is 0. The van der Waals surface area contributed by atoms with E-state index in [0.717, 1.165) is 17.0 Å². The molecular weight excluding hydrogens is 230 g/mol. The highest BCUT2D eigenvalue weighted by molar-refractivity contribution is 5.85. The first-order valence-corrected chi connectivity index (χ1v) is 5.01. The molecule has 1 atom stereocenters. The number of carbonyl (C=O) groups excluding carboxylic acids is 1. The van der Waals surface area contributed by atoms with Crippen LogP contribution < -0.4 is 11.1 Å². The van der Waals surface area contributed by atoms with E-state index in [2.05, 4.69) is 10.5 Å². The third kappa shape index (κ3) is 3.50. The van der Waals surface area contributed by atoms with Crippen LogP contribution in [0.4, 0.5) is 0 Å². The number of carbonyl (C=O) groups is 1. The van der Waals surface area contributed by atoms with Gasteiger partial charge in [0.05, 0.1) is 11.7 Å². The Labute approximate surface area is 101 Å². The van der Waals surface area contributed by atoms with Crippen LogP contribution in [0, 0.1) is 13.8 Å². The van der Waals surface area contributed by atoms with Gasteiger partial charge in [0, 0.05) is 12.1 Å². The van der Waals surface area contributed by atoms with Crippen molar-refractivity contribution in [2.24, 2.45) is 5.73 Å². The van der Waals surface area contributed by atoms with Gasteiger partial charge in [-0.1, -0.05) is 12.1 Å². The lowest BCUT2D eigenvalue weighted by molar-refractivity contribution is -0.122. The van der Waals surface area contributed by atoms with Crippen molar-refractivity contribution < 1.29 is 9.32 Å². The third-order valence-electron chi connectivity index (χ3n) is 2.40. The second-order valence-electron chi connectivity index (χ2n) is 3.54. The fraction of sp³-hybridized carbons (Fsp3) is 0.600. The number of halogens is 1. The van der Waals surface area contributed by atoms with Gasteiger partial charge < -0.3 is 15.6 Å². The van der Waals surface area contributed by atoms with E-state index in [-0.39, 0.29) is 18.3 Å². The van der Waals surface area contributed by atoms with E-state index in [0.29, 0.717) is 13.0 Å². The highest BCUT2D eigenvalue weighted by Crippen LogP contribution is 2.11. The average molecular weight is 248 g/mol. The highest BCUT2D eigenvalue weighted by atomic mass is 35.5. The summed E-state index contributed by atoms with van der Waals surface area (Å²) in [4.78, 5) is 11.4. The summed E-state index contributed by atoms with van der Waals surface area (Å²) in [5, 5.41) is 6.56. The van der Waals surface area contributed by atoms with Gasteiger partial charge in [0.1, 0.15) is 5.76 Å². The first kappa shape index (κ1) is 14.9. The summed E-state index contributed by atoms with van der Waals surface area (Å²) >= 11 is 0. The van der Waals surface area contributed by atoms with E-state index < -0.39 is 6.04 Å². The largest absolute Gasteiger partial charge is 0.361 e. The molecule has 0 unspecified atom stereocenters. The summed E-state index contributed by atoms with van der Waals surface area (Å²) in [5.41, 5.74) is 7.31. The molecule has 0 aliphatic rings. The Kier molecular flexibility index (Phi) is 6.06. The molecule has 0 saturated heterocycles. The molecule has 6 heteroatoms. The normalized spacial score (nSPS) is 11.8. The number of nitrogens with zero attached hydrogens (tertiary/aromatic N) is 1. The zero-order valence-electron chi connectivity index (χ0n) is 9.74. The standard InChI is InChI=1S/C10H17N3O2.ClH/c1-4-9(11)10(14)12-5-8-6(2)13-15-7(8)3;/h9H,4-5,11H2,1-3H3,(H,12,14);1H/t9-;/m0./s1. The number of rotatable bonds is 4. The Balaban J connectivity index is 0.00000225. The molecule has 1 aromatic rings. The summed E-state index contributed by atoms with van der Waals surface area (Å²) < 4.78 is 4.98. The monoisotopic (exact) mass is 247 g/mol. The molecule has 1 amide bonds. The Hall–Kier alpha value is -1.07. The minimum atomic E-state index is -0.439. The lowest BCUT2D eigenvalue weighted by Gasteiger charge is -2.09. The van der Waals surface area contributed by atoms with Crippen LogP contribution in [0.1, 0.15) is 30.4 Å². The van der Waals surface area contributed by atoms with Crippen LogP contribution in [0.5, 0.6) is 0 Å². The molecule has 16 heavy (non-hydrogen) atoms. The van der Waals surface area contributed by atoms with Crippen molar-refractivity contribution in [2.75, 3.05) is 0 Å². The molecule has 1 aromatic heterocycles. The van der Waals surface area contributed by atoms with Crippen molar-refractivity contribution >= 4 is 18.3 Å². The Bertz CT molecular complexity index is 332. The number of hydrogen-bond acceptors (Lipinski definition) is 4. The van der Waals surface area contributed by atoms with E-state index in [1.807, 2.05) is 20.8 Å². The second kappa shape index (κ2) is 6.50. The van der Waals surface area contributed by atoms with Gasteiger partial charge in [-0.05, 0) is 20.3 Å². The molecular formula is C10H18ClN3O2. The lowest BCUT2D eigenvalue weighted by atomic mass is 10.2. The number of amides is 1. The summed E-state index contributed by atoms with van der Waals surface area (Å²) in [6.07, 6.45) is 0.632. The molecule has 0 saturated carbocycles. The predicted octanol–water partition coefficient (Wildman–Crippen LogP) is 1.07. The van der Waals surface area contributed by atoms with Crippen LogP contribution in [0.2, 0.25) is 0 Å². The van der Waals surface area contributed by atoms with Crippen LogP contribution in [-0.2, 0) is 11.3 Å². The first-order valence-electron chi connectivity index (χ1n) is 5.01. The van der Waals surface area contributed by atoms with Crippen molar-refractivity contribution in [3.8, 4) is 0 Å². The Morgan fingerprint density at radius 1 is 1.56 bits per heavy atom. The van der Waals surface area contributed by atoms with Crippen LogP contribution in [0.25, 0.3) is 0 Å². The molecule has 0 fully saturated rings. The minimum Gasteiger partial charge on any atom is -0.361 e. The smallest absolute Gasteiger partial charge is 0.237 e. The first-order chi connectivity index (χ1) is 7.06. The lowest BCUT2D eigenvalue weighted by Crippen LogP contribution is -2.39. The second-order valence-corrected chi connectivity index (χ2v) is 3.54. The van der Waals surface area contributed by atoms with E-state index in [4.69, 9.17) is 10.3 Å². The number of aryl methyl sites for hydroxylation is 2. The average Bonchev–Trinajstić information content (AvgIpc) is 2.54. The van der Waals surface area contributed by atoms with Gasteiger partial charge in [0.25, 0.3) is 0 Å². The fourth-order valence-electron chi connectivity index (χ4n) is 1.25. The number of aromatic nitrogens is 1. The zero-order valence-corrected chi connectivity index (χ0v) is 10.6. The van der Waals surface area contributed by atoms with E-state index in [1.54, 1.807) is 0 Å². The van der Waals surface area contributed by atoms with Gasteiger partial charge in [0.2, 0.25) is 5.91 Å². The van der Waals surface area contributed by atoms with Gasteiger partial charge in [-0.3, -0.25) is 4.79 Å². The zero-order chi connectivity index (χ0) is 11.4. The summed E-state index contributed by atoms with van der Waals surface area (Å²) in [7, 11) is 0. The van der Waals surface area contributed by atoms with Gasteiger partial charge in [-0.15, -0.1) is 12.4 Å². The van der Waals surface area contributed by atoms with Gasteiger partial charge >= 0.3 is 0 Å². The molecule has 0 aliphatic carbocycles. The molecule has 0 radical (unpaired) electrons. The van der Waals surface area contributed by atoms with Crippen molar-refractivity contribution in [3.05, 3.63) is 17.0 Å². The summed E-state index contributed by atoms with van der Waals surface area (Å²) in [5.74, 6) is 0.593. The fourth-order valence-corrected chi connectivity index (χ4v) is 1.25. The maximum atomic E-state index is 11.4. The van der Waals surface area contributed by atoms with Crippen molar-refractivity contribution in [3.63, 3.8) is 0 Å². The predicted molar refractivity (Wildman–Crippen MR) is 63.3 cm³/mol. The molecule has 0 aliphatic heterocycles. The molecule has 5 nitrogen and oxygen atoms in total. The quantitative estimate of drug-likeness (QED) is 0.834. The molecule has 1 rings (SSSR count). The Morgan fingerprint density at radius 2 is 2.19 bits per heavy atom. The van der Waals surface area contributed by atoms with Gasteiger partial charge in [0.15, 0.2) is 0 Å². The molecule has 0 spiro atoms. The van der Waals surface area contributed by atoms with Crippen LogP contribution in [0.15, 0.2) is 4.52 Å². The molecule has 1 heterocycles. The molecule has 3 N–H and O–H groups in total. The van der Waals surface area contributed by atoms with Crippen molar-refractivity contribution in [1.29, 1.82) is 0 Å². The van der Waals surface area contributed by atoms with Crippen LogP contribution in [0.3, 0.4) is 0 Å². The van der Waals surface area contributed by atoms with E-state index in [9.17, 15) is 4.79 Å². The third-order valence-corrected chi connectivity index (χ3v) is 2.40. The van der Waals surface area contributed by atoms with Crippen LogP contribution >= 0.6 is 12.4 Å². The number of nitrogens with two attached hydrogens (primary N) is 1. The van der Waals surface area contributed by atoms with E-state index >= 15 is 0 Å². The van der Waals surface area contributed by atoms with Gasteiger partial charge in [-0.2, -0.15) is 0 Å². The van der Waals surface area contributed by atoms with E-state index in [1.165, 1.54) is 0 Å².